The molecule has 0 aliphatic rings. The fraction of sp³-hybridized carbons (Fsp3) is 0.333. The highest BCUT2D eigenvalue weighted by Crippen LogP contribution is 2.28. The molecule has 2 aromatic rings. The number of hydrogen-bond acceptors (Lipinski definition) is 4. The van der Waals surface area contributed by atoms with Gasteiger partial charge in [-0.3, -0.25) is 9.59 Å². The second kappa shape index (κ2) is 9.19. The van der Waals surface area contributed by atoms with Gasteiger partial charge in [-0.2, -0.15) is 0 Å². The molecular formula is C21H25NO5. The van der Waals surface area contributed by atoms with E-state index in [4.69, 9.17) is 9.47 Å². The first kappa shape index (κ1) is 20.5. The first-order chi connectivity index (χ1) is 12.9. The molecule has 0 saturated carbocycles. The van der Waals surface area contributed by atoms with Gasteiger partial charge in [0.05, 0.1) is 32.1 Å². The molecule has 144 valence electrons. The first-order valence-electron chi connectivity index (χ1n) is 8.60. The predicted octanol–water partition coefficient (Wildman–Crippen LogP) is 2.89. The molecule has 0 saturated heterocycles. The van der Waals surface area contributed by atoms with Crippen molar-refractivity contribution in [3.05, 3.63) is 65.2 Å². The molecule has 1 atom stereocenters. The maximum absolute atomic E-state index is 12.6. The Hall–Kier alpha value is -2.86. The summed E-state index contributed by atoms with van der Waals surface area (Å²) < 4.78 is 10.3. The van der Waals surface area contributed by atoms with Crippen molar-refractivity contribution in [3.8, 4) is 5.75 Å². The van der Waals surface area contributed by atoms with E-state index >= 15 is 0 Å². The molecule has 2 rings (SSSR count). The summed E-state index contributed by atoms with van der Waals surface area (Å²) in [5, 5.41) is 12.2. The lowest BCUT2D eigenvalue weighted by atomic mass is 9.88. The molecule has 2 aromatic carbocycles. The van der Waals surface area contributed by atoms with Crippen LogP contribution in [0.2, 0.25) is 0 Å². The van der Waals surface area contributed by atoms with Crippen molar-refractivity contribution < 1.29 is 24.2 Å². The van der Waals surface area contributed by atoms with Gasteiger partial charge in [0.1, 0.15) is 5.75 Å². The van der Waals surface area contributed by atoms with E-state index in [1.165, 1.54) is 0 Å². The van der Waals surface area contributed by atoms with Gasteiger partial charge in [-0.15, -0.1) is 0 Å². The molecule has 0 bridgehead atoms. The van der Waals surface area contributed by atoms with Crippen LogP contribution in [0, 0.1) is 0 Å². The Bertz CT molecular complexity index is 805. The van der Waals surface area contributed by atoms with Gasteiger partial charge in [-0.05, 0) is 35.7 Å². The zero-order chi connectivity index (χ0) is 19.9. The molecular weight excluding hydrogens is 346 g/mol. The smallest absolute Gasteiger partial charge is 0.306 e. The maximum atomic E-state index is 12.6. The topological polar surface area (TPSA) is 84.9 Å². The normalized spacial score (nSPS) is 12.9. The summed E-state index contributed by atoms with van der Waals surface area (Å²) in [6, 6.07) is 14.6. The number of carboxylic acid groups (broad SMARTS) is 1. The monoisotopic (exact) mass is 371 g/mol. The van der Waals surface area contributed by atoms with Crippen LogP contribution in [0.5, 0.6) is 5.75 Å². The lowest BCUT2D eigenvalue weighted by Gasteiger charge is -2.30. The quantitative estimate of drug-likeness (QED) is 0.708. The van der Waals surface area contributed by atoms with E-state index in [9.17, 15) is 14.7 Å². The van der Waals surface area contributed by atoms with Gasteiger partial charge in [0.2, 0.25) is 5.91 Å². The van der Waals surface area contributed by atoms with Crippen molar-refractivity contribution >= 4 is 11.9 Å². The maximum Gasteiger partial charge on any atom is 0.306 e. The SMILES string of the molecule is COCc1cccc(CC(=O)NC(C)(CC(=O)O)c2cccc(OC)c2)c1. The van der Waals surface area contributed by atoms with Crippen LogP contribution in [-0.2, 0) is 32.9 Å². The van der Waals surface area contributed by atoms with Crippen molar-refractivity contribution in [3.63, 3.8) is 0 Å². The number of carbonyl (C=O) groups is 2. The molecule has 6 heteroatoms. The number of carbonyl (C=O) groups excluding carboxylic acids is 1. The summed E-state index contributed by atoms with van der Waals surface area (Å²) >= 11 is 0. The second-order valence-electron chi connectivity index (χ2n) is 6.61. The van der Waals surface area contributed by atoms with Gasteiger partial charge in [0.15, 0.2) is 0 Å². The minimum Gasteiger partial charge on any atom is -0.497 e. The number of methoxy groups -OCH3 is 2. The molecule has 6 nitrogen and oxygen atoms in total. The number of carboxylic acids is 1. The van der Waals surface area contributed by atoms with Gasteiger partial charge >= 0.3 is 5.97 Å². The highest BCUT2D eigenvalue weighted by atomic mass is 16.5. The number of nitrogens with one attached hydrogen (secondary N) is 1. The molecule has 0 aliphatic heterocycles. The zero-order valence-corrected chi connectivity index (χ0v) is 15.8. The van der Waals surface area contributed by atoms with Crippen molar-refractivity contribution in [2.75, 3.05) is 14.2 Å². The Morgan fingerprint density at radius 3 is 2.44 bits per heavy atom. The molecule has 1 amide bonds. The average molecular weight is 371 g/mol. The molecule has 2 N–H and O–H groups in total. The third-order valence-electron chi connectivity index (χ3n) is 4.29. The van der Waals surface area contributed by atoms with E-state index in [-0.39, 0.29) is 18.7 Å². The number of aliphatic carboxylic acids is 1. The highest BCUT2D eigenvalue weighted by Gasteiger charge is 2.31. The average Bonchev–Trinajstić information content (AvgIpc) is 2.61. The molecule has 0 aromatic heterocycles. The number of ether oxygens (including phenoxy) is 2. The molecule has 0 radical (unpaired) electrons. The van der Waals surface area contributed by atoms with Crippen LogP contribution in [0.25, 0.3) is 0 Å². The number of benzene rings is 2. The van der Waals surface area contributed by atoms with Crippen LogP contribution in [0.3, 0.4) is 0 Å². The second-order valence-corrected chi connectivity index (χ2v) is 6.61. The molecule has 0 aliphatic carbocycles. The van der Waals surface area contributed by atoms with Crippen LogP contribution < -0.4 is 10.1 Å². The summed E-state index contributed by atoms with van der Waals surface area (Å²) in [6.45, 7) is 2.17. The Kier molecular flexibility index (Phi) is 6.96. The molecule has 0 spiro atoms. The van der Waals surface area contributed by atoms with Crippen LogP contribution in [-0.4, -0.2) is 31.2 Å². The standard InChI is InChI=1S/C21H25NO5/c1-21(13-20(24)25,17-8-5-9-18(12-17)27-3)22-19(23)11-15-6-4-7-16(10-15)14-26-2/h4-10,12H,11,13-14H2,1-3H3,(H,22,23)(H,24,25). The number of rotatable bonds is 9. The Balaban J connectivity index is 2.20. The van der Waals surface area contributed by atoms with E-state index in [1.807, 2.05) is 24.3 Å². The minimum absolute atomic E-state index is 0.150. The molecule has 1 unspecified atom stereocenters. The third-order valence-corrected chi connectivity index (χ3v) is 4.29. The van der Waals surface area contributed by atoms with Gasteiger partial charge < -0.3 is 19.9 Å². The minimum atomic E-state index is -1.05. The van der Waals surface area contributed by atoms with Crippen molar-refractivity contribution in [2.24, 2.45) is 0 Å². The predicted molar refractivity (Wildman–Crippen MR) is 102 cm³/mol. The van der Waals surface area contributed by atoms with E-state index in [0.29, 0.717) is 17.9 Å². The lowest BCUT2D eigenvalue weighted by Crippen LogP contribution is -2.45. The largest absolute Gasteiger partial charge is 0.497 e. The number of amides is 1. The summed E-state index contributed by atoms with van der Waals surface area (Å²) in [5.41, 5.74) is 1.43. The Labute approximate surface area is 159 Å². The van der Waals surface area contributed by atoms with E-state index in [2.05, 4.69) is 5.32 Å². The Morgan fingerprint density at radius 2 is 1.78 bits per heavy atom. The lowest BCUT2D eigenvalue weighted by molar-refractivity contribution is -0.139. The van der Waals surface area contributed by atoms with Crippen LogP contribution in [0.4, 0.5) is 0 Å². The highest BCUT2D eigenvalue weighted by molar-refractivity contribution is 5.81. The van der Waals surface area contributed by atoms with Crippen LogP contribution in [0.1, 0.15) is 30.0 Å². The van der Waals surface area contributed by atoms with E-state index in [1.54, 1.807) is 45.4 Å². The molecule has 0 fully saturated rings. The summed E-state index contributed by atoms with van der Waals surface area (Å²) in [5.74, 6) is -0.649. The van der Waals surface area contributed by atoms with Crippen LogP contribution in [0.15, 0.2) is 48.5 Å². The van der Waals surface area contributed by atoms with Crippen LogP contribution >= 0.6 is 0 Å². The Morgan fingerprint density at radius 1 is 1.07 bits per heavy atom. The fourth-order valence-corrected chi connectivity index (χ4v) is 3.02. The van der Waals surface area contributed by atoms with Gasteiger partial charge in [0, 0.05) is 7.11 Å². The first-order valence-corrected chi connectivity index (χ1v) is 8.60. The van der Waals surface area contributed by atoms with Gasteiger partial charge in [-0.1, -0.05) is 36.4 Å². The van der Waals surface area contributed by atoms with E-state index in [0.717, 1.165) is 11.1 Å². The van der Waals surface area contributed by atoms with E-state index < -0.39 is 11.5 Å². The van der Waals surface area contributed by atoms with Gasteiger partial charge in [0.25, 0.3) is 0 Å². The van der Waals surface area contributed by atoms with Gasteiger partial charge in [-0.25, -0.2) is 0 Å². The van der Waals surface area contributed by atoms with Crippen molar-refractivity contribution in [2.45, 2.75) is 31.9 Å². The zero-order valence-electron chi connectivity index (χ0n) is 15.8. The fourth-order valence-electron chi connectivity index (χ4n) is 3.02. The summed E-state index contributed by atoms with van der Waals surface area (Å²) in [4.78, 5) is 24.0. The molecule has 27 heavy (non-hydrogen) atoms. The summed E-state index contributed by atoms with van der Waals surface area (Å²) in [6.07, 6.45) is -0.0909. The molecule has 0 heterocycles. The third kappa shape index (κ3) is 5.82. The summed E-state index contributed by atoms with van der Waals surface area (Å²) in [7, 11) is 3.16. The number of hydrogen-bond donors (Lipinski definition) is 2. The van der Waals surface area contributed by atoms with Crippen molar-refractivity contribution in [1.82, 2.24) is 5.32 Å². The van der Waals surface area contributed by atoms with Crippen molar-refractivity contribution in [1.29, 1.82) is 0 Å².